The highest BCUT2D eigenvalue weighted by Gasteiger charge is 2.17. The summed E-state index contributed by atoms with van der Waals surface area (Å²) in [6.07, 6.45) is 6.31. The predicted octanol–water partition coefficient (Wildman–Crippen LogP) is 1.96. The van der Waals surface area contributed by atoms with Crippen LogP contribution >= 0.6 is 0 Å². The molecular formula is C10H20O2. The van der Waals surface area contributed by atoms with Crippen molar-refractivity contribution in [2.45, 2.75) is 45.1 Å². The number of hydrogen-bond acceptors (Lipinski definition) is 2. The van der Waals surface area contributed by atoms with E-state index in [0.29, 0.717) is 6.10 Å². The third kappa shape index (κ3) is 3.55. The van der Waals surface area contributed by atoms with Gasteiger partial charge in [-0.1, -0.05) is 6.92 Å². The Morgan fingerprint density at radius 2 is 1.92 bits per heavy atom. The number of hydrogen-bond donors (Lipinski definition) is 1. The summed E-state index contributed by atoms with van der Waals surface area (Å²) in [5.74, 6) is 0.891. The Balaban J connectivity index is 2.01. The lowest BCUT2D eigenvalue weighted by Gasteiger charge is -2.26. The van der Waals surface area contributed by atoms with Crippen molar-refractivity contribution in [3.63, 3.8) is 0 Å². The van der Waals surface area contributed by atoms with Crippen LogP contribution in [0.25, 0.3) is 0 Å². The lowest BCUT2D eigenvalue weighted by atomic mass is 9.89. The summed E-state index contributed by atoms with van der Waals surface area (Å²) in [5.41, 5.74) is 0. The SMILES string of the molecule is CC1CCC(OCCCO)CC1. The second-order valence-corrected chi connectivity index (χ2v) is 3.83. The summed E-state index contributed by atoms with van der Waals surface area (Å²) in [4.78, 5) is 0. The van der Waals surface area contributed by atoms with Crippen molar-refractivity contribution in [3.8, 4) is 0 Å². The van der Waals surface area contributed by atoms with Gasteiger partial charge in [0.1, 0.15) is 0 Å². The van der Waals surface area contributed by atoms with Crippen molar-refractivity contribution in [2.75, 3.05) is 13.2 Å². The maximum atomic E-state index is 8.56. The van der Waals surface area contributed by atoms with Gasteiger partial charge in [0, 0.05) is 13.2 Å². The number of ether oxygens (including phenoxy) is 1. The van der Waals surface area contributed by atoms with Crippen LogP contribution in [0.15, 0.2) is 0 Å². The molecule has 0 aromatic rings. The van der Waals surface area contributed by atoms with Crippen LogP contribution in [0.1, 0.15) is 39.0 Å². The molecule has 1 rings (SSSR count). The quantitative estimate of drug-likeness (QED) is 0.657. The first-order valence-corrected chi connectivity index (χ1v) is 5.05. The molecule has 0 bridgehead atoms. The zero-order valence-electron chi connectivity index (χ0n) is 7.96. The highest BCUT2D eigenvalue weighted by molar-refractivity contribution is 4.69. The van der Waals surface area contributed by atoms with Crippen LogP contribution in [0.5, 0.6) is 0 Å². The second kappa shape index (κ2) is 5.55. The lowest BCUT2D eigenvalue weighted by molar-refractivity contribution is 0.0135. The standard InChI is InChI=1S/C10H20O2/c1-9-3-5-10(6-4-9)12-8-2-7-11/h9-11H,2-8H2,1H3. The first kappa shape index (κ1) is 10.0. The third-order valence-electron chi connectivity index (χ3n) is 2.62. The predicted molar refractivity (Wildman–Crippen MR) is 49.1 cm³/mol. The minimum Gasteiger partial charge on any atom is -0.396 e. The van der Waals surface area contributed by atoms with Crippen LogP contribution in [0.2, 0.25) is 0 Å². The Bertz CT molecular complexity index is 106. The van der Waals surface area contributed by atoms with E-state index in [1.54, 1.807) is 0 Å². The molecule has 0 aromatic heterocycles. The molecule has 0 aliphatic heterocycles. The first-order valence-electron chi connectivity index (χ1n) is 5.05. The van der Waals surface area contributed by atoms with E-state index in [-0.39, 0.29) is 6.61 Å². The molecule has 0 unspecified atom stereocenters. The van der Waals surface area contributed by atoms with Gasteiger partial charge in [0.25, 0.3) is 0 Å². The largest absolute Gasteiger partial charge is 0.396 e. The fraction of sp³-hybridized carbons (Fsp3) is 1.00. The molecule has 0 heterocycles. The molecule has 1 aliphatic carbocycles. The van der Waals surface area contributed by atoms with E-state index in [9.17, 15) is 0 Å². The summed E-state index contributed by atoms with van der Waals surface area (Å²) in [5, 5.41) is 8.56. The van der Waals surface area contributed by atoms with Crippen LogP contribution in [-0.4, -0.2) is 24.4 Å². The molecule has 1 aliphatic rings. The fourth-order valence-electron chi connectivity index (χ4n) is 1.71. The Morgan fingerprint density at radius 3 is 2.50 bits per heavy atom. The van der Waals surface area contributed by atoms with Crippen LogP contribution in [0.3, 0.4) is 0 Å². The molecule has 0 spiro atoms. The second-order valence-electron chi connectivity index (χ2n) is 3.83. The van der Waals surface area contributed by atoms with E-state index in [1.165, 1.54) is 25.7 Å². The molecule has 0 amide bonds. The summed E-state index contributed by atoms with van der Waals surface area (Å²) in [6, 6.07) is 0. The van der Waals surface area contributed by atoms with E-state index in [2.05, 4.69) is 6.92 Å². The van der Waals surface area contributed by atoms with E-state index in [4.69, 9.17) is 9.84 Å². The monoisotopic (exact) mass is 172 g/mol. The molecule has 12 heavy (non-hydrogen) atoms. The maximum Gasteiger partial charge on any atom is 0.0575 e. The number of aliphatic hydroxyl groups excluding tert-OH is 1. The zero-order valence-corrected chi connectivity index (χ0v) is 7.96. The minimum atomic E-state index is 0.253. The zero-order chi connectivity index (χ0) is 8.81. The van der Waals surface area contributed by atoms with E-state index < -0.39 is 0 Å². The molecule has 0 radical (unpaired) electrons. The van der Waals surface area contributed by atoms with Crippen molar-refractivity contribution in [1.29, 1.82) is 0 Å². The van der Waals surface area contributed by atoms with Gasteiger partial charge >= 0.3 is 0 Å². The van der Waals surface area contributed by atoms with Crippen LogP contribution in [0, 0.1) is 5.92 Å². The molecule has 2 heteroatoms. The van der Waals surface area contributed by atoms with Crippen molar-refractivity contribution < 1.29 is 9.84 Å². The van der Waals surface area contributed by atoms with Crippen LogP contribution in [-0.2, 0) is 4.74 Å². The van der Waals surface area contributed by atoms with Crippen molar-refractivity contribution in [2.24, 2.45) is 5.92 Å². The normalized spacial score (nSPS) is 30.5. The van der Waals surface area contributed by atoms with Gasteiger partial charge in [-0.05, 0) is 38.0 Å². The third-order valence-corrected chi connectivity index (χ3v) is 2.62. The van der Waals surface area contributed by atoms with Crippen molar-refractivity contribution in [3.05, 3.63) is 0 Å². The van der Waals surface area contributed by atoms with E-state index in [0.717, 1.165) is 18.9 Å². The lowest BCUT2D eigenvalue weighted by Crippen LogP contribution is -2.21. The summed E-state index contributed by atoms with van der Waals surface area (Å²) < 4.78 is 5.61. The van der Waals surface area contributed by atoms with Gasteiger partial charge in [-0.25, -0.2) is 0 Å². The van der Waals surface area contributed by atoms with Gasteiger partial charge in [0.05, 0.1) is 6.10 Å². The molecular weight excluding hydrogens is 152 g/mol. The van der Waals surface area contributed by atoms with Gasteiger partial charge in [-0.2, -0.15) is 0 Å². The van der Waals surface area contributed by atoms with Gasteiger partial charge in [-0.3, -0.25) is 0 Å². The van der Waals surface area contributed by atoms with E-state index in [1.807, 2.05) is 0 Å². The summed E-state index contributed by atoms with van der Waals surface area (Å²) >= 11 is 0. The highest BCUT2D eigenvalue weighted by Crippen LogP contribution is 2.25. The molecule has 0 saturated heterocycles. The topological polar surface area (TPSA) is 29.5 Å². The molecule has 1 saturated carbocycles. The molecule has 72 valence electrons. The van der Waals surface area contributed by atoms with Crippen molar-refractivity contribution in [1.82, 2.24) is 0 Å². The summed E-state index contributed by atoms with van der Waals surface area (Å²) in [6.45, 7) is 3.29. The summed E-state index contributed by atoms with van der Waals surface area (Å²) in [7, 11) is 0. The molecule has 0 aromatic carbocycles. The molecule has 1 N–H and O–H groups in total. The Hall–Kier alpha value is -0.0800. The van der Waals surface area contributed by atoms with Gasteiger partial charge < -0.3 is 9.84 Å². The first-order chi connectivity index (χ1) is 5.83. The molecule has 1 fully saturated rings. The average Bonchev–Trinajstić information content (AvgIpc) is 2.09. The van der Waals surface area contributed by atoms with Gasteiger partial charge in [0.2, 0.25) is 0 Å². The van der Waals surface area contributed by atoms with Crippen molar-refractivity contribution >= 4 is 0 Å². The Labute approximate surface area is 74.9 Å². The molecule has 0 atom stereocenters. The van der Waals surface area contributed by atoms with Crippen LogP contribution in [0.4, 0.5) is 0 Å². The Morgan fingerprint density at radius 1 is 1.25 bits per heavy atom. The maximum absolute atomic E-state index is 8.56. The van der Waals surface area contributed by atoms with E-state index >= 15 is 0 Å². The Kier molecular flexibility index (Phi) is 4.62. The smallest absolute Gasteiger partial charge is 0.0575 e. The fourth-order valence-corrected chi connectivity index (χ4v) is 1.71. The van der Waals surface area contributed by atoms with Crippen LogP contribution < -0.4 is 0 Å². The average molecular weight is 172 g/mol. The highest BCUT2D eigenvalue weighted by atomic mass is 16.5. The van der Waals surface area contributed by atoms with Gasteiger partial charge in [0.15, 0.2) is 0 Å². The van der Waals surface area contributed by atoms with Gasteiger partial charge in [-0.15, -0.1) is 0 Å². The number of rotatable bonds is 4. The number of aliphatic hydroxyl groups is 1. The molecule has 2 nitrogen and oxygen atoms in total. The minimum absolute atomic E-state index is 0.253.